The number of amides is 1. The maximum Gasteiger partial charge on any atom is 0.387 e. The maximum atomic E-state index is 12.3. The summed E-state index contributed by atoms with van der Waals surface area (Å²) in [6, 6.07) is 12.9. The molecule has 1 amide bonds. The molecule has 0 bridgehead atoms. The summed E-state index contributed by atoms with van der Waals surface area (Å²) in [7, 11) is 0. The zero-order valence-corrected chi connectivity index (χ0v) is 13.0. The van der Waals surface area contributed by atoms with E-state index in [-0.39, 0.29) is 24.8 Å². The molecule has 0 unspecified atom stereocenters. The number of ether oxygens (including phenoxy) is 1. The Morgan fingerprint density at radius 1 is 1.20 bits per heavy atom. The highest BCUT2D eigenvalue weighted by molar-refractivity contribution is 5.91. The van der Waals surface area contributed by atoms with E-state index in [4.69, 9.17) is 0 Å². The Labute approximate surface area is 141 Å². The van der Waals surface area contributed by atoms with Crippen LogP contribution in [-0.2, 0) is 17.9 Å². The van der Waals surface area contributed by atoms with E-state index in [0.717, 1.165) is 5.52 Å². The molecular weight excluding hydrogens is 332 g/mol. The minimum Gasteiger partial charge on any atom is -0.435 e. The molecule has 3 aromatic rings. The van der Waals surface area contributed by atoms with Crippen LogP contribution < -0.4 is 10.1 Å². The number of carbonyl (C=O) groups is 1. The van der Waals surface area contributed by atoms with Crippen LogP contribution >= 0.6 is 0 Å². The van der Waals surface area contributed by atoms with Crippen molar-refractivity contribution in [3.63, 3.8) is 0 Å². The van der Waals surface area contributed by atoms with Crippen molar-refractivity contribution < 1.29 is 23.4 Å². The summed E-state index contributed by atoms with van der Waals surface area (Å²) in [5.41, 5.74) is 1.87. The zero-order chi connectivity index (χ0) is 17.8. The lowest BCUT2D eigenvalue weighted by Crippen LogP contribution is -2.20. The Morgan fingerprint density at radius 3 is 2.60 bits per heavy atom. The SMILES string of the molecule is O=C(Cn1c(CO)nc2ccccc21)Nc1ccc(OC(F)F)cc1. The number of benzene rings is 2. The van der Waals surface area contributed by atoms with Gasteiger partial charge < -0.3 is 19.7 Å². The maximum absolute atomic E-state index is 12.3. The first-order valence-corrected chi connectivity index (χ1v) is 7.46. The number of nitrogens with zero attached hydrogens (tertiary/aromatic N) is 2. The molecule has 0 atom stereocenters. The standard InChI is InChI=1S/C17H15F2N3O3/c18-17(19)25-12-7-5-11(6-8-12)20-16(24)9-22-14-4-2-1-3-13(14)21-15(22)10-23/h1-8,17,23H,9-10H2,(H,20,24). The van der Waals surface area contributed by atoms with E-state index in [1.807, 2.05) is 18.2 Å². The summed E-state index contributed by atoms with van der Waals surface area (Å²) in [6.07, 6.45) is 0. The summed E-state index contributed by atoms with van der Waals surface area (Å²) in [5.74, 6) is 0.0635. The highest BCUT2D eigenvalue weighted by Gasteiger charge is 2.13. The molecule has 0 aliphatic rings. The van der Waals surface area contributed by atoms with Gasteiger partial charge in [-0.05, 0) is 36.4 Å². The van der Waals surface area contributed by atoms with Crippen LogP contribution in [-0.4, -0.2) is 27.2 Å². The van der Waals surface area contributed by atoms with Gasteiger partial charge in [0.15, 0.2) is 0 Å². The number of alkyl halides is 2. The first-order chi connectivity index (χ1) is 12.1. The molecule has 8 heteroatoms. The molecule has 2 N–H and O–H groups in total. The summed E-state index contributed by atoms with van der Waals surface area (Å²) in [5, 5.41) is 12.1. The highest BCUT2D eigenvalue weighted by Crippen LogP contribution is 2.19. The molecule has 130 valence electrons. The average Bonchev–Trinajstić information content (AvgIpc) is 2.94. The van der Waals surface area contributed by atoms with E-state index in [1.54, 1.807) is 10.6 Å². The Bertz CT molecular complexity index is 878. The molecular formula is C17H15F2N3O3. The number of fused-ring (bicyclic) bond motifs is 1. The number of carbonyl (C=O) groups excluding carboxylic acids is 1. The fraction of sp³-hybridized carbons (Fsp3) is 0.176. The lowest BCUT2D eigenvalue weighted by molar-refractivity contribution is -0.116. The van der Waals surface area contributed by atoms with Crippen molar-refractivity contribution in [1.29, 1.82) is 0 Å². The third kappa shape index (κ3) is 3.92. The molecule has 0 saturated carbocycles. The Morgan fingerprint density at radius 2 is 1.92 bits per heavy atom. The topological polar surface area (TPSA) is 76.4 Å². The monoisotopic (exact) mass is 347 g/mol. The predicted molar refractivity (Wildman–Crippen MR) is 87.4 cm³/mol. The predicted octanol–water partition coefficient (Wildman–Crippen LogP) is 2.77. The number of hydrogen-bond donors (Lipinski definition) is 2. The van der Waals surface area contributed by atoms with Gasteiger partial charge in [0.25, 0.3) is 0 Å². The molecule has 6 nitrogen and oxygen atoms in total. The van der Waals surface area contributed by atoms with Crippen LogP contribution in [0.15, 0.2) is 48.5 Å². The Kier molecular flexibility index (Phi) is 4.90. The number of rotatable bonds is 6. The van der Waals surface area contributed by atoms with Crippen molar-refractivity contribution in [3.05, 3.63) is 54.4 Å². The van der Waals surface area contributed by atoms with E-state index in [0.29, 0.717) is 17.0 Å². The van der Waals surface area contributed by atoms with Gasteiger partial charge in [-0.3, -0.25) is 4.79 Å². The van der Waals surface area contributed by atoms with Crippen molar-refractivity contribution >= 4 is 22.6 Å². The minimum atomic E-state index is -2.90. The fourth-order valence-electron chi connectivity index (χ4n) is 2.49. The van der Waals surface area contributed by atoms with Crippen molar-refractivity contribution in [2.45, 2.75) is 19.8 Å². The summed E-state index contributed by atoms with van der Waals surface area (Å²) >= 11 is 0. The van der Waals surface area contributed by atoms with Crippen LogP contribution in [0.3, 0.4) is 0 Å². The van der Waals surface area contributed by atoms with Crippen LogP contribution in [0.5, 0.6) is 5.75 Å². The van der Waals surface area contributed by atoms with E-state index < -0.39 is 6.61 Å². The van der Waals surface area contributed by atoms with Crippen LogP contribution in [0.2, 0.25) is 0 Å². The van der Waals surface area contributed by atoms with Crippen molar-refractivity contribution in [2.24, 2.45) is 0 Å². The van der Waals surface area contributed by atoms with Gasteiger partial charge in [0.2, 0.25) is 5.91 Å². The number of imidazole rings is 1. The first kappa shape index (κ1) is 16.8. The largest absolute Gasteiger partial charge is 0.435 e. The van der Waals surface area contributed by atoms with Gasteiger partial charge in [-0.2, -0.15) is 8.78 Å². The number of anilines is 1. The summed E-state index contributed by atoms with van der Waals surface area (Å²) in [6.45, 7) is -3.22. The van der Waals surface area contributed by atoms with Crippen molar-refractivity contribution in [2.75, 3.05) is 5.32 Å². The number of halogens is 2. The molecule has 0 saturated heterocycles. The molecule has 0 aliphatic carbocycles. The first-order valence-electron chi connectivity index (χ1n) is 7.46. The molecule has 0 spiro atoms. The third-order valence-corrected chi connectivity index (χ3v) is 3.54. The van der Waals surface area contributed by atoms with E-state index >= 15 is 0 Å². The van der Waals surface area contributed by atoms with Gasteiger partial charge in [0, 0.05) is 5.69 Å². The molecule has 0 fully saturated rings. The lowest BCUT2D eigenvalue weighted by Gasteiger charge is -2.10. The molecule has 3 rings (SSSR count). The van der Waals surface area contributed by atoms with Crippen LogP contribution in [0.25, 0.3) is 11.0 Å². The molecule has 25 heavy (non-hydrogen) atoms. The Hall–Kier alpha value is -3.00. The van der Waals surface area contributed by atoms with E-state index in [9.17, 15) is 18.7 Å². The highest BCUT2D eigenvalue weighted by atomic mass is 19.3. The second-order valence-electron chi connectivity index (χ2n) is 5.21. The lowest BCUT2D eigenvalue weighted by atomic mass is 10.3. The molecule has 2 aromatic carbocycles. The average molecular weight is 347 g/mol. The van der Waals surface area contributed by atoms with Crippen LogP contribution in [0, 0.1) is 0 Å². The number of aliphatic hydroxyl groups excluding tert-OH is 1. The van der Waals surface area contributed by atoms with Gasteiger partial charge in [0.1, 0.15) is 24.7 Å². The number of para-hydroxylation sites is 2. The summed E-state index contributed by atoms with van der Waals surface area (Å²) in [4.78, 5) is 16.5. The van der Waals surface area contributed by atoms with Gasteiger partial charge >= 0.3 is 6.61 Å². The number of hydrogen-bond acceptors (Lipinski definition) is 4. The van der Waals surface area contributed by atoms with Gasteiger partial charge in [-0.25, -0.2) is 4.98 Å². The van der Waals surface area contributed by atoms with Crippen LogP contribution in [0.1, 0.15) is 5.82 Å². The van der Waals surface area contributed by atoms with Gasteiger partial charge in [-0.15, -0.1) is 0 Å². The van der Waals surface area contributed by atoms with Gasteiger partial charge in [0.05, 0.1) is 11.0 Å². The molecule has 0 aliphatic heterocycles. The fourth-order valence-corrected chi connectivity index (χ4v) is 2.49. The molecule has 0 radical (unpaired) electrons. The minimum absolute atomic E-state index is 0.0103. The number of aliphatic hydroxyl groups is 1. The van der Waals surface area contributed by atoms with Crippen LogP contribution in [0.4, 0.5) is 14.5 Å². The van der Waals surface area contributed by atoms with E-state index in [1.165, 1.54) is 24.3 Å². The van der Waals surface area contributed by atoms with Crippen molar-refractivity contribution in [1.82, 2.24) is 9.55 Å². The summed E-state index contributed by atoms with van der Waals surface area (Å²) < 4.78 is 30.1. The number of aromatic nitrogens is 2. The molecule has 1 heterocycles. The second kappa shape index (κ2) is 7.27. The van der Waals surface area contributed by atoms with E-state index in [2.05, 4.69) is 15.0 Å². The zero-order valence-electron chi connectivity index (χ0n) is 13.0. The smallest absolute Gasteiger partial charge is 0.387 e. The third-order valence-electron chi connectivity index (χ3n) is 3.54. The van der Waals surface area contributed by atoms with Gasteiger partial charge in [-0.1, -0.05) is 12.1 Å². The Balaban J connectivity index is 1.72. The normalized spacial score (nSPS) is 11.0. The second-order valence-corrected chi connectivity index (χ2v) is 5.21. The molecule has 1 aromatic heterocycles. The quantitative estimate of drug-likeness (QED) is 0.719. The number of nitrogens with one attached hydrogen (secondary N) is 1. The van der Waals surface area contributed by atoms with Crippen molar-refractivity contribution in [3.8, 4) is 5.75 Å².